The number of hydrogen-bond acceptors (Lipinski definition) is 4. The molecular formula is C15H20N2O4S. The van der Waals surface area contributed by atoms with Crippen LogP contribution in [0.5, 0.6) is 0 Å². The number of carboxylic acid groups (broad SMARTS) is 1. The van der Waals surface area contributed by atoms with E-state index >= 15 is 0 Å². The van der Waals surface area contributed by atoms with Crippen LogP contribution >= 0.6 is 11.3 Å². The number of aryl methyl sites for hydroxylation is 1. The Morgan fingerprint density at radius 3 is 2.59 bits per heavy atom. The van der Waals surface area contributed by atoms with E-state index in [-0.39, 0.29) is 10.6 Å². The topological polar surface area (TPSA) is 95.5 Å². The summed E-state index contributed by atoms with van der Waals surface area (Å²) < 4.78 is 0. The Kier molecular flexibility index (Phi) is 5.18. The van der Waals surface area contributed by atoms with Crippen LogP contribution < -0.4 is 10.6 Å². The Bertz CT molecular complexity index is 607. The summed E-state index contributed by atoms with van der Waals surface area (Å²) >= 11 is 1.26. The number of nitrogens with one attached hydrogen (secondary N) is 2. The van der Waals surface area contributed by atoms with Crippen LogP contribution in [0.3, 0.4) is 0 Å². The molecule has 0 spiro atoms. The molecule has 0 radical (unpaired) electrons. The molecule has 1 aromatic rings. The Labute approximate surface area is 132 Å². The number of carbonyl (C=O) groups excluding carboxylic acids is 2. The summed E-state index contributed by atoms with van der Waals surface area (Å²) in [5.41, 5.74) is 0.939. The normalized spacial score (nSPS) is 13.0. The van der Waals surface area contributed by atoms with Crippen LogP contribution in [0.25, 0.3) is 0 Å². The Hall–Kier alpha value is -1.89. The zero-order valence-electron chi connectivity index (χ0n) is 12.7. The third kappa shape index (κ3) is 3.65. The summed E-state index contributed by atoms with van der Waals surface area (Å²) in [5, 5.41) is 14.6. The van der Waals surface area contributed by atoms with E-state index in [9.17, 15) is 19.5 Å². The second-order valence-electron chi connectivity index (χ2n) is 5.76. The number of carbonyl (C=O) groups is 3. The van der Waals surface area contributed by atoms with Crippen LogP contribution in [0.15, 0.2) is 0 Å². The molecular weight excluding hydrogens is 304 g/mol. The monoisotopic (exact) mass is 324 g/mol. The van der Waals surface area contributed by atoms with Crippen molar-refractivity contribution in [3.8, 4) is 0 Å². The largest absolute Gasteiger partial charge is 0.478 e. The van der Waals surface area contributed by atoms with Gasteiger partial charge in [-0.2, -0.15) is 0 Å². The van der Waals surface area contributed by atoms with Crippen molar-refractivity contribution in [1.82, 2.24) is 5.32 Å². The van der Waals surface area contributed by atoms with Gasteiger partial charge in [-0.3, -0.25) is 9.59 Å². The minimum atomic E-state index is -1.06. The molecule has 0 bridgehead atoms. The zero-order chi connectivity index (χ0) is 16.3. The van der Waals surface area contributed by atoms with Gasteiger partial charge in [0.15, 0.2) is 0 Å². The maximum absolute atomic E-state index is 11.9. The first-order valence-electron chi connectivity index (χ1n) is 7.37. The first-order chi connectivity index (χ1) is 10.4. The van der Waals surface area contributed by atoms with Gasteiger partial charge in [0.2, 0.25) is 0 Å². The number of thiophene rings is 1. The second-order valence-corrected chi connectivity index (χ2v) is 6.86. The van der Waals surface area contributed by atoms with Crippen LogP contribution in [0.1, 0.15) is 47.5 Å². The summed E-state index contributed by atoms with van der Waals surface area (Å²) in [6.07, 6.45) is 3.26. The number of fused-ring (bicyclic) bond motifs is 1. The highest BCUT2D eigenvalue weighted by Crippen LogP contribution is 2.38. The van der Waals surface area contributed by atoms with E-state index in [0.717, 1.165) is 29.7 Å². The van der Waals surface area contributed by atoms with Gasteiger partial charge >= 0.3 is 17.8 Å². The summed E-state index contributed by atoms with van der Waals surface area (Å²) in [7, 11) is 0. The minimum Gasteiger partial charge on any atom is -0.478 e. The lowest BCUT2D eigenvalue weighted by Gasteiger charge is -2.08. The van der Waals surface area contributed by atoms with Crippen molar-refractivity contribution in [2.75, 3.05) is 11.9 Å². The van der Waals surface area contributed by atoms with E-state index < -0.39 is 17.8 Å². The number of carboxylic acids is 1. The standard InChI is InChI=1S/C15H20N2O4S/c1-8(2)6-7-16-12(18)13(19)17-14-11(15(20)21)9-4-3-5-10(9)22-14/h8H,3-7H2,1-2H3,(H,16,18)(H,17,19)(H,20,21). The maximum Gasteiger partial charge on any atom is 0.339 e. The van der Waals surface area contributed by atoms with Gasteiger partial charge in [0.05, 0.1) is 5.56 Å². The minimum absolute atomic E-state index is 0.140. The molecule has 0 aromatic carbocycles. The highest BCUT2D eigenvalue weighted by molar-refractivity contribution is 7.17. The lowest BCUT2D eigenvalue weighted by molar-refractivity contribution is -0.136. The lowest BCUT2D eigenvalue weighted by atomic mass is 10.1. The SMILES string of the molecule is CC(C)CCNC(=O)C(=O)Nc1sc2c(c1C(=O)O)CCC2. The van der Waals surface area contributed by atoms with Crippen LogP contribution in [-0.4, -0.2) is 29.4 Å². The molecule has 0 unspecified atom stereocenters. The fraction of sp³-hybridized carbons (Fsp3) is 0.533. The van der Waals surface area contributed by atoms with Gasteiger partial charge < -0.3 is 15.7 Å². The van der Waals surface area contributed by atoms with Crippen LogP contribution in [0.2, 0.25) is 0 Å². The van der Waals surface area contributed by atoms with Gasteiger partial charge in [0.1, 0.15) is 5.00 Å². The van der Waals surface area contributed by atoms with Gasteiger partial charge in [0, 0.05) is 11.4 Å². The molecule has 1 heterocycles. The first kappa shape index (κ1) is 16.5. The van der Waals surface area contributed by atoms with Crippen LogP contribution in [0, 0.1) is 5.92 Å². The summed E-state index contributed by atoms with van der Waals surface area (Å²) in [6, 6.07) is 0. The smallest absolute Gasteiger partial charge is 0.339 e. The van der Waals surface area contributed by atoms with E-state index in [4.69, 9.17) is 0 Å². The number of anilines is 1. The zero-order valence-corrected chi connectivity index (χ0v) is 13.5. The van der Waals surface area contributed by atoms with Crippen LogP contribution in [0.4, 0.5) is 5.00 Å². The molecule has 2 rings (SSSR count). The average Bonchev–Trinajstić information content (AvgIpc) is 2.97. The highest BCUT2D eigenvalue weighted by atomic mass is 32.1. The number of hydrogen-bond donors (Lipinski definition) is 3. The molecule has 2 amide bonds. The third-order valence-electron chi connectivity index (χ3n) is 3.58. The fourth-order valence-corrected chi connectivity index (χ4v) is 3.71. The Morgan fingerprint density at radius 1 is 1.23 bits per heavy atom. The molecule has 1 aliphatic rings. The molecule has 1 aromatic heterocycles. The summed E-state index contributed by atoms with van der Waals surface area (Å²) in [6.45, 7) is 4.48. The summed E-state index contributed by atoms with van der Waals surface area (Å²) in [5.74, 6) is -2.17. The molecule has 120 valence electrons. The van der Waals surface area contributed by atoms with Gasteiger partial charge in [-0.15, -0.1) is 11.3 Å². The van der Waals surface area contributed by atoms with Crippen molar-refractivity contribution >= 4 is 34.1 Å². The van der Waals surface area contributed by atoms with Gasteiger partial charge in [0.25, 0.3) is 0 Å². The van der Waals surface area contributed by atoms with Crippen molar-refractivity contribution in [2.24, 2.45) is 5.92 Å². The maximum atomic E-state index is 11.9. The molecule has 0 saturated carbocycles. The predicted octanol–water partition coefficient (Wildman–Crippen LogP) is 2.04. The average molecular weight is 324 g/mol. The van der Waals surface area contributed by atoms with Crippen LogP contribution in [-0.2, 0) is 22.4 Å². The first-order valence-corrected chi connectivity index (χ1v) is 8.18. The van der Waals surface area contributed by atoms with E-state index in [2.05, 4.69) is 10.6 Å². The van der Waals surface area contributed by atoms with Crippen molar-refractivity contribution < 1.29 is 19.5 Å². The molecule has 0 aliphatic heterocycles. The van der Waals surface area contributed by atoms with Crippen molar-refractivity contribution in [3.05, 3.63) is 16.0 Å². The van der Waals surface area contributed by atoms with Gasteiger partial charge in [-0.05, 0) is 37.2 Å². The van der Waals surface area contributed by atoms with Crippen molar-refractivity contribution in [3.63, 3.8) is 0 Å². The van der Waals surface area contributed by atoms with Crippen molar-refractivity contribution in [2.45, 2.75) is 39.5 Å². The third-order valence-corrected chi connectivity index (χ3v) is 4.78. The van der Waals surface area contributed by atoms with E-state index in [1.54, 1.807) is 0 Å². The van der Waals surface area contributed by atoms with Crippen molar-refractivity contribution in [1.29, 1.82) is 0 Å². The molecule has 7 heteroatoms. The second kappa shape index (κ2) is 6.91. The number of aromatic carboxylic acids is 1. The molecule has 22 heavy (non-hydrogen) atoms. The van der Waals surface area contributed by atoms with E-state index in [0.29, 0.717) is 18.9 Å². The number of amides is 2. The molecule has 0 saturated heterocycles. The quantitative estimate of drug-likeness (QED) is 0.722. The Balaban J connectivity index is 2.03. The van der Waals surface area contributed by atoms with E-state index in [1.807, 2.05) is 13.8 Å². The highest BCUT2D eigenvalue weighted by Gasteiger charge is 2.28. The molecule has 0 fully saturated rings. The van der Waals surface area contributed by atoms with E-state index in [1.165, 1.54) is 11.3 Å². The lowest BCUT2D eigenvalue weighted by Crippen LogP contribution is -2.36. The number of rotatable bonds is 5. The molecule has 0 atom stereocenters. The Morgan fingerprint density at radius 2 is 1.95 bits per heavy atom. The molecule has 6 nitrogen and oxygen atoms in total. The molecule has 1 aliphatic carbocycles. The fourth-order valence-electron chi connectivity index (χ4n) is 2.43. The molecule has 3 N–H and O–H groups in total. The van der Waals surface area contributed by atoms with Gasteiger partial charge in [-0.25, -0.2) is 4.79 Å². The summed E-state index contributed by atoms with van der Waals surface area (Å²) in [4.78, 5) is 36.0. The predicted molar refractivity (Wildman–Crippen MR) is 84.4 cm³/mol. The van der Waals surface area contributed by atoms with Gasteiger partial charge in [-0.1, -0.05) is 13.8 Å².